The molecule has 1 amide bonds. The summed E-state index contributed by atoms with van der Waals surface area (Å²) in [5.74, 6) is 2.24. The van der Waals surface area contributed by atoms with Crippen molar-refractivity contribution >= 4 is 18.3 Å². The van der Waals surface area contributed by atoms with Gasteiger partial charge in [-0.15, -0.1) is 12.4 Å². The second kappa shape index (κ2) is 8.63. The van der Waals surface area contributed by atoms with Crippen LogP contribution in [0.1, 0.15) is 11.6 Å². The van der Waals surface area contributed by atoms with Gasteiger partial charge in [0.25, 0.3) is 5.91 Å². The number of carbonyl (C=O) groups excluding carboxylic acids is 1. The smallest absolute Gasteiger partial charge is 0.261 e. The highest BCUT2D eigenvalue weighted by atomic mass is 35.5. The fraction of sp³-hybridized carbons (Fsp3) is 0.381. The van der Waals surface area contributed by atoms with Crippen LogP contribution in [-0.4, -0.2) is 44.2 Å². The van der Waals surface area contributed by atoms with Crippen LogP contribution >= 0.6 is 12.4 Å². The van der Waals surface area contributed by atoms with Crippen molar-refractivity contribution in [3.63, 3.8) is 0 Å². The first-order valence-electron chi connectivity index (χ1n) is 9.09. The number of benzene rings is 2. The van der Waals surface area contributed by atoms with Crippen LogP contribution in [0, 0.1) is 11.8 Å². The first-order valence-corrected chi connectivity index (χ1v) is 9.09. The van der Waals surface area contributed by atoms with E-state index in [4.69, 9.17) is 9.47 Å². The monoisotopic (exact) mass is 388 g/mol. The maximum atomic E-state index is 13.0. The van der Waals surface area contributed by atoms with E-state index in [1.165, 1.54) is 5.56 Å². The highest BCUT2D eigenvalue weighted by Gasteiger charge is 2.46. The van der Waals surface area contributed by atoms with Gasteiger partial charge in [-0.1, -0.05) is 42.5 Å². The number of rotatable bonds is 5. The van der Waals surface area contributed by atoms with Gasteiger partial charge in [-0.05, 0) is 23.6 Å². The number of ether oxygens (including phenoxy) is 2. The maximum Gasteiger partial charge on any atom is 0.261 e. The number of amides is 1. The molecule has 1 N–H and O–H groups in total. The highest BCUT2D eigenvalue weighted by Crippen LogP contribution is 2.42. The van der Waals surface area contributed by atoms with Crippen LogP contribution in [0.5, 0.6) is 11.5 Å². The number of para-hydroxylation sites is 2. The number of nitrogens with zero attached hydrogens (tertiary/aromatic N) is 1. The van der Waals surface area contributed by atoms with E-state index in [0.29, 0.717) is 23.3 Å². The van der Waals surface area contributed by atoms with E-state index >= 15 is 0 Å². The van der Waals surface area contributed by atoms with Crippen LogP contribution in [0.25, 0.3) is 0 Å². The SMILES string of the molecule is COc1ccccc1OCC(=O)N1C[C@@H]2CNC[C@@H]2[C@H]1c1ccccc1.Cl. The molecule has 2 aliphatic rings. The third-order valence-corrected chi connectivity index (χ3v) is 5.45. The van der Waals surface area contributed by atoms with Gasteiger partial charge >= 0.3 is 0 Å². The minimum atomic E-state index is 0. The Balaban J connectivity index is 0.00000210. The van der Waals surface area contributed by atoms with E-state index in [1.54, 1.807) is 7.11 Å². The van der Waals surface area contributed by atoms with Gasteiger partial charge in [-0.2, -0.15) is 0 Å². The summed E-state index contributed by atoms with van der Waals surface area (Å²) < 4.78 is 11.1. The number of likely N-dealkylation sites (tertiary alicyclic amines) is 1. The number of halogens is 1. The van der Waals surface area contributed by atoms with E-state index < -0.39 is 0 Å². The summed E-state index contributed by atoms with van der Waals surface area (Å²) in [4.78, 5) is 15.0. The van der Waals surface area contributed by atoms with Crippen molar-refractivity contribution < 1.29 is 14.3 Å². The second-order valence-corrected chi connectivity index (χ2v) is 6.92. The largest absolute Gasteiger partial charge is 0.493 e. The quantitative estimate of drug-likeness (QED) is 0.855. The van der Waals surface area contributed by atoms with Crippen molar-refractivity contribution in [3.05, 3.63) is 60.2 Å². The van der Waals surface area contributed by atoms with E-state index in [0.717, 1.165) is 19.6 Å². The molecule has 3 atom stereocenters. The van der Waals surface area contributed by atoms with Crippen molar-refractivity contribution in [2.75, 3.05) is 33.4 Å². The Kier molecular flexibility index (Phi) is 6.24. The molecule has 27 heavy (non-hydrogen) atoms. The summed E-state index contributed by atoms with van der Waals surface area (Å²) in [5.41, 5.74) is 1.20. The molecule has 4 rings (SSSR count). The Morgan fingerprint density at radius 3 is 2.52 bits per heavy atom. The van der Waals surface area contributed by atoms with Crippen molar-refractivity contribution in [1.29, 1.82) is 0 Å². The molecule has 0 bridgehead atoms. The molecule has 0 aliphatic carbocycles. The van der Waals surface area contributed by atoms with Gasteiger partial charge in [0.2, 0.25) is 0 Å². The number of methoxy groups -OCH3 is 1. The fourth-order valence-corrected chi connectivity index (χ4v) is 4.21. The normalized spacial score (nSPS) is 23.4. The highest BCUT2D eigenvalue weighted by molar-refractivity contribution is 5.85. The Hall–Kier alpha value is -2.24. The zero-order valence-corrected chi connectivity index (χ0v) is 16.2. The lowest BCUT2D eigenvalue weighted by Crippen LogP contribution is -2.37. The van der Waals surface area contributed by atoms with Crippen LogP contribution in [0.4, 0.5) is 0 Å². The molecular formula is C21H25ClN2O3. The first-order chi connectivity index (χ1) is 12.8. The van der Waals surface area contributed by atoms with Crippen LogP contribution in [0.3, 0.4) is 0 Å². The molecule has 2 aliphatic heterocycles. The molecule has 0 radical (unpaired) electrons. The van der Waals surface area contributed by atoms with Crippen molar-refractivity contribution in [2.45, 2.75) is 6.04 Å². The molecule has 144 valence electrons. The topological polar surface area (TPSA) is 50.8 Å². The molecule has 0 saturated carbocycles. The number of carbonyl (C=O) groups is 1. The lowest BCUT2D eigenvalue weighted by atomic mass is 9.89. The predicted octanol–water partition coefficient (Wildman–Crippen LogP) is 2.91. The van der Waals surface area contributed by atoms with Gasteiger partial charge < -0.3 is 19.7 Å². The molecule has 2 aromatic rings. The molecule has 0 aromatic heterocycles. The minimum Gasteiger partial charge on any atom is -0.493 e. The molecular weight excluding hydrogens is 364 g/mol. The average molecular weight is 389 g/mol. The molecule has 0 unspecified atom stereocenters. The number of fused-ring (bicyclic) bond motifs is 1. The third kappa shape index (κ3) is 3.89. The standard InChI is InChI=1S/C21H24N2O3.ClH/c1-25-18-9-5-6-10-19(18)26-14-20(24)23-13-16-11-22-12-17(16)21(23)15-7-3-2-4-8-15;/h2-10,16-17,21-22H,11-14H2,1H3;1H/t16-,17-,21+;/m0./s1. The number of hydrogen-bond donors (Lipinski definition) is 1. The first kappa shape index (κ1) is 19.5. The number of nitrogens with one attached hydrogen (secondary N) is 1. The Labute approximate surface area is 166 Å². The van der Waals surface area contributed by atoms with E-state index in [1.807, 2.05) is 47.4 Å². The van der Waals surface area contributed by atoms with E-state index in [2.05, 4.69) is 17.4 Å². The van der Waals surface area contributed by atoms with Gasteiger partial charge in [-0.3, -0.25) is 4.79 Å². The fourth-order valence-electron chi connectivity index (χ4n) is 4.21. The van der Waals surface area contributed by atoms with Gasteiger partial charge in [0.15, 0.2) is 18.1 Å². The van der Waals surface area contributed by atoms with Crippen LogP contribution in [0.2, 0.25) is 0 Å². The minimum absolute atomic E-state index is 0. The molecule has 2 aromatic carbocycles. The van der Waals surface area contributed by atoms with Gasteiger partial charge in [0.05, 0.1) is 13.2 Å². The number of hydrogen-bond acceptors (Lipinski definition) is 4. The lowest BCUT2D eigenvalue weighted by molar-refractivity contribution is -0.134. The molecule has 2 fully saturated rings. The van der Waals surface area contributed by atoms with Gasteiger partial charge in [0.1, 0.15) is 0 Å². The third-order valence-electron chi connectivity index (χ3n) is 5.45. The Morgan fingerprint density at radius 1 is 1.07 bits per heavy atom. The summed E-state index contributed by atoms with van der Waals surface area (Å²) in [6.07, 6.45) is 0. The van der Waals surface area contributed by atoms with Crippen molar-refractivity contribution in [2.24, 2.45) is 11.8 Å². The van der Waals surface area contributed by atoms with Crippen LogP contribution in [0.15, 0.2) is 54.6 Å². The summed E-state index contributed by atoms with van der Waals surface area (Å²) in [5, 5.41) is 3.47. The van der Waals surface area contributed by atoms with Crippen LogP contribution < -0.4 is 14.8 Å². The lowest BCUT2D eigenvalue weighted by Gasteiger charge is -2.28. The van der Waals surface area contributed by atoms with E-state index in [-0.39, 0.29) is 31.0 Å². The Morgan fingerprint density at radius 2 is 1.78 bits per heavy atom. The summed E-state index contributed by atoms with van der Waals surface area (Å²) >= 11 is 0. The van der Waals surface area contributed by atoms with Gasteiger partial charge in [-0.25, -0.2) is 0 Å². The Bertz CT molecular complexity index is 771. The zero-order valence-electron chi connectivity index (χ0n) is 15.3. The summed E-state index contributed by atoms with van der Waals surface area (Å²) in [6, 6.07) is 17.9. The molecule has 2 saturated heterocycles. The van der Waals surface area contributed by atoms with Crippen LogP contribution in [-0.2, 0) is 4.79 Å². The molecule has 2 heterocycles. The molecule has 5 nitrogen and oxygen atoms in total. The van der Waals surface area contributed by atoms with E-state index in [9.17, 15) is 4.79 Å². The van der Waals surface area contributed by atoms with Crippen molar-refractivity contribution in [1.82, 2.24) is 10.2 Å². The molecule has 6 heteroatoms. The average Bonchev–Trinajstić information content (AvgIpc) is 3.28. The zero-order chi connectivity index (χ0) is 17.9. The van der Waals surface area contributed by atoms with Gasteiger partial charge in [0, 0.05) is 25.6 Å². The predicted molar refractivity (Wildman–Crippen MR) is 106 cm³/mol. The van der Waals surface area contributed by atoms with Crippen molar-refractivity contribution in [3.8, 4) is 11.5 Å². The second-order valence-electron chi connectivity index (χ2n) is 6.92. The maximum absolute atomic E-state index is 13.0. The summed E-state index contributed by atoms with van der Waals surface area (Å²) in [7, 11) is 1.60. The summed E-state index contributed by atoms with van der Waals surface area (Å²) in [6.45, 7) is 2.74. The molecule has 0 spiro atoms.